The van der Waals surface area contributed by atoms with Crippen LogP contribution < -0.4 is 11.1 Å². The molecule has 0 heterocycles. The summed E-state index contributed by atoms with van der Waals surface area (Å²) in [5.41, 5.74) is 5.83. The molecule has 3 nitrogen and oxygen atoms in total. The molecule has 0 fully saturated rings. The summed E-state index contributed by atoms with van der Waals surface area (Å²) < 4.78 is 0. The minimum atomic E-state index is -0.242. The van der Waals surface area contributed by atoms with Crippen LogP contribution in [0.4, 0.5) is 0 Å². The third-order valence-electron chi connectivity index (χ3n) is 2.86. The fourth-order valence-electron chi connectivity index (χ4n) is 1.27. The van der Waals surface area contributed by atoms with Crippen LogP contribution in [0.25, 0.3) is 0 Å². The van der Waals surface area contributed by atoms with Gasteiger partial charge in [-0.15, -0.1) is 31.4 Å². The SMILES string of the molecule is C=CCCCC(=O)NCC(N)(CC)CC.Cl.Cl. The standard InChI is InChI=1S/C12H24N2O.2ClH/c1-4-7-8-9-11(15)14-10-12(13,5-2)6-3;;/h4H,1,5-10,13H2,2-3H3,(H,14,15);2*1H. The van der Waals surface area contributed by atoms with Crippen molar-refractivity contribution >= 4 is 30.7 Å². The van der Waals surface area contributed by atoms with E-state index in [4.69, 9.17) is 5.73 Å². The van der Waals surface area contributed by atoms with Gasteiger partial charge in [0.2, 0.25) is 5.91 Å². The molecular formula is C12H26Cl2N2O. The van der Waals surface area contributed by atoms with Crippen LogP contribution in [0.15, 0.2) is 12.7 Å². The van der Waals surface area contributed by atoms with Crippen LogP contribution in [-0.2, 0) is 4.79 Å². The first-order chi connectivity index (χ1) is 7.08. The van der Waals surface area contributed by atoms with Crippen molar-refractivity contribution in [3.05, 3.63) is 12.7 Å². The highest BCUT2D eigenvalue weighted by Gasteiger charge is 2.20. The van der Waals surface area contributed by atoms with Gasteiger partial charge in [0, 0.05) is 18.5 Å². The molecule has 0 aliphatic carbocycles. The number of unbranched alkanes of at least 4 members (excludes halogenated alkanes) is 1. The maximum Gasteiger partial charge on any atom is 0.220 e. The van der Waals surface area contributed by atoms with Gasteiger partial charge in [-0.05, 0) is 25.7 Å². The van der Waals surface area contributed by atoms with Gasteiger partial charge in [0.25, 0.3) is 0 Å². The molecule has 1 amide bonds. The fraction of sp³-hybridized carbons (Fsp3) is 0.750. The van der Waals surface area contributed by atoms with Crippen molar-refractivity contribution in [2.45, 2.75) is 51.5 Å². The average Bonchev–Trinajstić information content (AvgIpc) is 2.26. The number of carbonyl (C=O) groups is 1. The van der Waals surface area contributed by atoms with E-state index < -0.39 is 0 Å². The second-order valence-corrected chi connectivity index (χ2v) is 4.03. The molecule has 17 heavy (non-hydrogen) atoms. The van der Waals surface area contributed by atoms with Crippen molar-refractivity contribution in [2.75, 3.05) is 6.54 Å². The normalized spacial score (nSPS) is 9.82. The molecule has 0 aromatic rings. The van der Waals surface area contributed by atoms with E-state index in [2.05, 4.69) is 11.9 Å². The number of hydrogen-bond acceptors (Lipinski definition) is 2. The number of nitrogens with two attached hydrogens (primary N) is 1. The number of rotatable bonds is 8. The Hall–Kier alpha value is -0.250. The van der Waals surface area contributed by atoms with Gasteiger partial charge in [-0.25, -0.2) is 0 Å². The van der Waals surface area contributed by atoms with E-state index in [1.807, 2.05) is 19.9 Å². The lowest BCUT2D eigenvalue weighted by atomic mass is 9.94. The lowest BCUT2D eigenvalue weighted by molar-refractivity contribution is -0.121. The number of hydrogen-bond donors (Lipinski definition) is 2. The van der Waals surface area contributed by atoms with Crippen molar-refractivity contribution < 1.29 is 4.79 Å². The summed E-state index contributed by atoms with van der Waals surface area (Å²) in [5.74, 6) is 0.0913. The van der Waals surface area contributed by atoms with E-state index in [-0.39, 0.29) is 36.3 Å². The molecule has 0 saturated carbocycles. The zero-order valence-corrected chi connectivity index (χ0v) is 12.5. The third-order valence-corrected chi connectivity index (χ3v) is 2.86. The minimum absolute atomic E-state index is 0. The Kier molecular flexibility index (Phi) is 15.8. The van der Waals surface area contributed by atoms with Gasteiger partial charge in [-0.3, -0.25) is 4.79 Å². The van der Waals surface area contributed by atoms with E-state index in [0.717, 1.165) is 25.7 Å². The van der Waals surface area contributed by atoms with Crippen molar-refractivity contribution in [2.24, 2.45) is 5.73 Å². The van der Waals surface area contributed by atoms with Gasteiger partial charge in [-0.1, -0.05) is 19.9 Å². The van der Waals surface area contributed by atoms with Crippen molar-refractivity contribution in [1.82, 2.24) is 5.32 Å². The van der Waals surface area contributed by atoms with Gasteiger partial charge in [-0.2, -0.15) is 0 Å². The first-order valence-electron chi connectivity index (χ1n) is 5.74. The van der Waals surface area contributed by atoms with Crippen LogP contribution in [0.3, 0.4) is 0 Å². The predicted molar refractivity (Wildman–Crippen MR) is 79.1 cm³/mol. The maximum atomic E-state index is 11.4. The zero-order chi connectivity index (χ0) is 11.7. The largest absolute Gasteiger partial charge is 0.354 e. The summed E-state index contributed by atoms with van der Waals surface area (Å²) in [5, 5.41) is 2.89. The maximum absolute atomic E-state index is 11.4. The highest BCUT2D eigenvalue weighted by molar-refractivity contribution is 5.85. The Morgan fingerprint density at radius 2 is 1.88 bits per heavy atom. The number of amides is 1. The average molecular weight is 285 g/mol. The smallest absolute Gasteiger partial charge is 0.220 e. The van der Waals surface area contributed by atoms with Crippen LogP contribution in [0.1, 0.15) is 46.0 Å². The van der Waals surface area contributed by atoms with Crippen molar-refractivity contribution in [3.8, 4) is 0 Å². The Morgan fingerprint density at radius 3 is 2.29 bits per heavy atom. The Bertz CT molecular complexity index is 207. The Morgan fingerprint density at radius 1 is 1.35 bits per heavy atom. The van der Waals surface area contributed by atoms with Crippen LogP contribution in [0.2, 0.25) is 0 Å². The number of carbonyl (C=O) groups excluding carboxylic acids is 1. The quantitative estimate of drug-likeness (QED) is 0.532. The summed E-state index contributed by atoms with van der Waals surface area (Å²) in [4.78, 5) is 11.4. The molecule has 0 aliphatic rings. The monoisotopic (exact) mass is 284 g/mol. The Labute approximate surface area is 117 Å². The molecular weight excluding hydrogens is 259 g/mol. The predicted octanol–water partition coefficient (Wildman–Crippen LogP) is 2.82. The molecule has 0 spiro atoms. The second kappa shape index (κ2) is 12.2. The molecule has 0 aromatic carbocycles. The van der Waals surface area contributed by atoms with Crippen LogP contribution in [0.5, 0.6) is 0 Å². The lowest BCUT2D eigenvalue weighted by Crippen LogP contribution is -2.49. The molecule has 104 valence electrons. The summed E-state index contributed by atoms with van der Waals surface area (Å²) >= 11 is 0. The van der Waals surface area contributed by atoms with Crippen LogP contribution >= 0.6 is 24.8 Å². The van der Waals surface area contributed by atoms with Gasteiger partial charge in [0.1, 0.15) is 0 Å². The van der Waals surface area contributed by atoms with Crippen molar-refractivity contribution in [1.29, 1.82) is 0 Å². The first kappa shape index (κ1) is 22.0. The van der Waals surface area contributed by atoms with E-state index in [1.54, 1.807) is 0 Å². The zero-order valence-electron chi connectivity index (χ0n) is 10.8. The van der Waals surface area contributed by atoms with E-state index in [9.17, 15) is 4.79 Å². The molecule has 0 rings (SSSR count). The van der Waals surface area contributed by atoms with E-state index in [1.165, 1.54) is 0 Å². The molecule has 0 aliphatic heterocycles. The highest BCUT2D eigenvalue weighted by atomic mass is 35.5. The van der Waals surface area contributed by atoms with Crippen molar-refractivity contribution in [3.63, 3.8) is 0 Å². The second-order valence-electron chi connectivity index (χ2n) is 4.03. The van der Waals surface area contributed by atoms with Gasteiger partial charge < -0.3 is 11.1 Å². The number of allylic oxidation sites excluding steroid dienone is 1. The fourth-order valence-corrected chi connectivity index (χ4v) is 1.27. The minimum Gasteiger partial charge on any atom is -0.354 e. The first-order valence-corrected chi connectivity index (χ1v) is 5.74. The van der Waals surface area contributed by atoms with E-state index in [0.29, 0.717) is 13.0 Å². The molecule has 0 unspecified atom stereocenters. The van der Waals surface area contributed by atoms with Crippen LogP contribution in [-0.4, -0.2) is 18.0 Å². The van der Waals surface area contributed by atoms with Crippen LogP contribution in [0, 0.1) is 0 Å². The topological polar surface area (TPSA) is 55.1 Å². The molecule has 0 radical (unpaired) electrons. The van der Waals surface area contributed by atoms with Gasteiger partial charge in [0.05, 0.1) is 0 Å². The summed E-state index contributed by atoms with van der Waals surface area (Å²) in [6, 6.07) is 0. The van der Waals surface area contributed by atoms with Gasteiger partial charge >= 0.3 is 0 Å². The third kappa shape index (κ3) is 10.6. The highest BCUT2D eigenvalue weighted by Crippen LogP contribution is 2.09. The van der Waals surface area contributed by atoms with Gasteiger partial charge in [0.15, 0.2) is 0 Å². The molecule has 5 heteroatoms. The molecule has 0 aromatic heterocycles. The molecule has 3 N–H and O–H groups in total. The number of halogens is 2. The Balaban J connectivity index is -0.000000980. The molecule has 0 saturated heterocycles. The summed E-state index contributed by atoms with van der Waals surface area (Å²) in [7, 11) is 0. The summed E-state index contributed by atoms with van der Waals surface area (Å²) in [6.07, 6.45) is 5.93. The lowest BCUT2D eigenvalue weighted by Gasteiger charge is -2.26. The number of nitrogens with one attached hydrogen (secondary N) is 1. The van der Waals surface area contributed by atoms with E-state index >= 15 is 0 Å². The molecule has 0 atom stereocenters. The molecule has 0 bridgehead atoms. The summed E-state index contributed by atoms with van der Waals surface area (Å²) in [6.45, 7) is 8.29.